The molecular weight excluding hydrogens is 591 g/mol. The fraction of sp³-hybridized carbons (Fsp3) is 0.147. The first-order valence-electron chi connectivity index (χ1n) is 13.6. The molecule has 0 atom stereocenters. The fourth-order valence-electron chi connectivity index (χ4n) is 4.85. The van der Waals surface area contributed by atoms with Crippen molar-refractivity contribution in [3.63, 3.8) is 0 Å². The zero-order valence-corrected chi connectivity index (χ0v) is 23.8. The van der Waals surface area contributed by atoms with Crippen LogP contribution >= 0.6 is 0 Å². The summed E-state index contributed by atoms with van der Waals surface area (Å²) in [4.78, 5) is 37.6. The Morgan fingerprint density at radius 1 is 0.822 bits per heavy atom. The highest BCUT2D eigenvalue weighted by atomic mass is 19.4. The lowest BCUT2D eigenvalue weighted by Gasteiger charge is -2.18. The Morgan fingerprint density at radius 3 is 2.11 bits per heavy atom. The number of halogens is 3. The number of benzene rings is 4. The average Bonchev–Trinajstić information content (AvgIpc) is 3.25. The Kier molecular flexibility index (Phi) is 8.62. The summed E-state index contributed by atoms with van der Waals surface area (Å²) in [5.74, 6) is -2.73. The fourth-order valence-corrected chi connectivity index (χ4v) is 4.85. The summed E-state index contributed by atoms with van der Waals surface area (Å²) in [5, 5.41) is 18.1. The smallest absolute Gasteiger partial charge is 0.416 e. The molecule has 4 aromatic rings. The maximum Gasteiger partial charge on any atom is 0.416 e. The maximum absolute atomic E-state index is 14.0. The number of aliphatic carboxylic acids is 2. The predicted molar refractivity (Wildman–Crippen MR) is 160 cm³/mol. The maximum atomic E-state index is 14.0. The second kappa shape index (κ2) is 12.6. The monoisotopic (exact) mass is 617 g/mol. The van der Waals surface area contributed by atoms with E-state index in [2.05, 4.69) is 0 Å². The van der Waals surface area contributed by atoms with Crippen LogP contribution in [0.15, 0.2) is 84.9 Å². The Hall–Kier alpha value is -5.58. The lowest BCUT2D eigenvalue weighted by molar-refractivity contribution is -0.140. The van der Waals surface area contributed by atoms with Crippen LogP contribution in [0.25, 0.3) is 22.8 Å². The van der Waals surface area contributed by atoms with Crippen molar-refractivity contribution < 1.29 is 47.2 Å². The Morgan fingerprint density at radius 2 is 1.47 bits per heavy atom. The second-order valence-corrected chi connectivity index (χ2v) is 10.3. The molecule has 0 fully saturated rings. The first-order valence-corrected chi connectivity index (χ1v) is 13.6. The van der Waals surface area contributed by atoms with E-state index in [1.54, 1.807) is 6.07 Å². The van der Waals surface area contributed by atoms with Gasteiger partial charge < -0.3 is 24.6 Å². The van der Waals surface area contributed by atoms with Crippen LogP contribution in [-0.2, 0) is 27.1 Å². The van der Waals surface area contributed by atoms with Gasteiger partial charge in [-0.3, -0.25) is 4.79 Å². The van der Waals surface area contributed by atoms with Gasteiger partial charge in [0, 0.05) is 22.8 Å². The van der Waals surface area contributed by atoms with E-state index in [0.29, 0.717) is 22.4 Å². The number of fused-ring (bicyclic) bond motifs is 1. The van der Waals surface area contributed by atoms with Crippen LogP contribution in [0.5, 0.6) is 11.5 Å². The third-order valence-corrected chi connectivity index (χ3v) is 7.06. The van der Waals surface area contributed by atoms with Gasteiger partial charge in [0.2, 0.25) is 0 Å². The Balaban J connectivity index is 1.57. The lowest BCUT2D eigenvalue weighted by atomic mass is 9.98. The zero-order chi connectivity index (χ0) is 32.3. The van der Waals surface area contributed by atoms with Crippen molar-refractivity contribution in [2.75, 3.05) is 18.1 Å². The first kappa shape index (κ1) is 30.9. The van der Waals surface area contributed by atoms with Crippen LogP contribution < -0.4 is 14.4 Å². The highest BCUT2D eigenvalue weighted by molar-refractivity contribution is 6.36. The quantitative estimate of drug-likeness (QED) is 0.191. The van der Waals surface area contributed by atoms with E-state index in [1.165, 1.54) is 41.3 Å². The van der Waals surface area contributed by atoms with Crippen LogP contribution in [-0.4, -0.2) is 41.3 Å². The predicted octanol–water partition coefficient (Wildman–Crippen LogP) is 6.70. The van der Waals surface area contributed by atoms with Crippen molar-refractivity contribution >= 4 is 35.2 Å². The van der Waals surface area contributed by atoms with E-state index in [1.807, 2.05) is 43.3 Å². The molecule has 0 bridgehead atoms. The van der Waals surface area contributed by atoms with Crippen molar-refractivity contribution in [3.05, 3.63) is 113 Å². The largest absolute Gasteiger partial charge is 0.482 e. The van der Waals surface area contributed by atoms with E-state index in [4.69, 9.17) is 19.7 Å². The number of amides is 1. The lowest BCUT2D eigenvalue weighted by Crippen LogP contribution is -2.25. The van der Waals surface area contributed by atoms with Crippen LogP contribution in [0.3, 0.4) is 0 Å². The molecule has 0 saturated heterocycles. The molecule has 2 N–H and O–H groups in total. The molecular formula is C34H26F3NO7. The number of carbonyl (C=O) groups is 3. The van der Waals surface area contributed by atoms with Gasteiger partial charge in [-0.1, -0.05) is 54.1 Å². The molecule has 0 spiro atoms. The van der Waals surface area contributed by atoms with Crippen LogP contribution in [0.2, 0.25) is 0 Å². The molecule has 4 aromatic carbocycles. The molecule has 0 unspecified atom stereocenters. The molecule has 0 aromatic heterocycles. The highest BCUT2D eigenvalue weighted by Crippen LogP contribution is 2.42. The molecule has 1 aliphatic rings. The molecule has 1 heterocycles. The minimum absolute atomic E-state index is 0.0109. The molecule has 45 heavy (non-hydrogen) atoms. The summed E-state index contributed by atoms with van der Waals surface area (Å²) in [5.41, 5.74) is 4.15. The summed E-state index contributed by atoms with van der Waals surface area (Å²) in [6.45, 7) is 0.617. The molecule has 11 heteroatoms. The van der Waals surface area contributed by atoms with Crippen molar-refractivity contribution in [1.29, 1.82) is 0 Å². The van der Waals surface area contributed by atoms with Gasteiger partial charge in [0.05, 0.1) is 17.8 Å². The van der Waals surface area contributed by atoms with Gasteiger partial charge in [0.1, 0.15) is 11.5 Å². The first-order chi connectivity index (χ1) is 21.4. The topological polar surface area (TPSA) is 113 Å². The van der Waals surface area contributed by atoms with Crippen LogP contribution in [0.4, 0.5) is 18.9 Å². The zero-order valence-electron chi connectivity index (χ0n) is 23.8. The van der Waals surface area contributed by atoms with Crippen molar-refractivity contribution in [3.8, 4) is 22.6 Å². The molecule has 1 aliphatic heterocycles. The van der Waals surface area contributed by atoms with E-state index in [-0.39, 0.29) is 23.6 Å². The molecule has 0 saturated carbocycles. The van der Waals surface area contributed by atoms with Crippen molar-refractivity contribution in [1.82, 2.24) is 0 Å². The average molecular weight is 618 g/mol. The number of aryl methyl sites for hydroxylation is 1. The van der Waals surface area contributed by atoms with Gasteiger partial charge in [-0.15, -0.1) is 0 Å². The summed E-state index contributed by atoms with van der Waals surface area (Å²) in [7, 11) is 0. The van der Waals surface area contributed by atoms with Crippen molar-refractivity contribution in [2.24, 2.45) is 0 Å². The number of nitrogens with zero attached hydrogens (tertiary/aromatic N) is 1. The molecule has 0 radical (unpaired) electrons. The van der Waals surface area contributed by atoms with Gasteiger partial charge in [0.25, 0.3) is 5.91 Å². The Labute approximate surface area is 255 Å². The SMILES string of the molecule is Cc1ccc(-c2ccc3c(c2)N(Cc2ccc(C(F)(F)F)cc2)C(=O)/C3=C/c2ccc(OCC(=O)O)cc2OCC(=O)O)cc1. The van der Waals surface area contributed by atoms with Crippen LogP contribution in [0, 0.1) is 6.92 Å². The minimum atomic E-state index is -4.50. The standard InChI is InChI=1S/C34H26F3NO7/c1-20-2-6-22(7-3-20)23-9-13-27-28(14-24-8-12-26(44-18-31(39)40)16-30(24)45-19-32(41)42)33(43)38(29(27)15-23)17-21-4-10-25(11-5-21)34(35,36)37/h2-16H,17-19H2,1H3,(H,39,40)(H,41,42)/b28-14+. The third kappa shape index (κ3) is 7.15. The van der Waals surface area contributed by atoms with Crippen LogP contribution in [0.1, 0.15) is 27.8 Å². The van der Waals surface area contributed by atoms with Crippen molar-refractivity contribution in [2.45, 2.75) is 19.6 Å². The van der Waals surface area contributed by atoms with Gasteiger partial charge in [0.15, 0.2) is 13.2 Å². The third-order valence-electron chi connectivity index (χ3n) is 7.06. The summed E-state index contributed by atoms with van der Waals surface area (Å²) < 4.78 is 50.1. The van der Waals surface area contributed by atoms with E-state index >= 15 is 0 Å². The Bertz CT molecular complexity index is 1800. The summed E-state index contributed by atoms with van der Waals surface area (Å²) >= 11 is 0. The van der Waals surface area contributed by atoms with E-state index in [0.717, 1.165) is 28.8 Å². The minimum Gasteiger partial charge on any atom is -0.482 e. The van der Waals surface area contributed by atoms with Gasteiger partial charge in [-0.2, -0.15) is 13.2 Å². The molecule has 5 rings (SSSR count). The van der Waals surface area contributed by atoms with Gasteiger partial charge in [-0.05, 0) is 60.0 Å². The van der Waals surface area contributed by atoms with Gasteiger partial charge in [-0.25, -0.2) is 9.59 Å². The molecule has 230 valence electrons. The highest BCUT2D eigenvalue weighted by Gasteiger charge is 2.34. The summed E-state index contributed by atoms with van der Waals surface area (Å²) in [6, 6.07) is 22.2. The molecule has 0 aliphatic carbocycles. The van der Waals surface area contributed by atoms with E-state index < -0.39 is 42.8 Å². The molecule has 1 amide bonds. The number of hydrogen-bond acceptors (Lipinski definition) is 5. The number of rotatable bonds is 10. The number of anilines is 1. The van der Waals surface area contributed by atoms with E-state index in [9.17, 15) is 27.6 Å². The number of alkyl halides is 3. The summed E-state index contributed by atoms with van der Waals surface area (Å²) in [6.07, 6.45) is -2.97. The second-order valence-electron chi connectivity index (χ2n) is 10.3. The number of carbonyl (C=O) groups excluding carboxylic acids is 1. The number of ether oxygens (including phenoxy) is 2. The number of hydrogen-bond donors (Lipinski definition) is 2. The number of carboxylic acids is 2. The normalized spacial score (nSPS) is 13.6. The molecule has 8 nitrogen and oxygen atoms in total. The van der Waals surface area contributed by atoms with Gasteiger partial charge >= 0.3 is 18.1 Å². The number of carboxylic acid groups (broad SMARTS) is 2.